The zero-order valence-corrected chi connectivity index (χ0v) is 18.1. The summed E-state index contributed by atoms with van der Waals surface area (Å²) in [6.07, 6.45) is 2.68. The van der Waals surface area contributed by atoms with Gasteiger partial charge in [0.1, 0.15) is 5.60 Å². The van der Waals surface area contributed by atoms with Gasteiger partial charge in [-0.2, -0.15) is 0 Å². The number of aliphatic hydroxyl groups is 1. The summed E-state index contributed by atoms with van der Waals surface area (Å²) in [5, 5.41) is 19.2. The second-order valence-electron chi connectivity index (χ2n) is 6.23. The molecule has 1 saturated carbocycles. The maximum Gasteiger partial charge on any atom is 0.191 e. The van der Waals surface area contributed by atoms with Crippen LogP contribution in [0.2, 0.25) is 0 Å². The Morgan fingerprint density at radius 1 is 1.42 bits per heavy atom. The Balaban J connectivity index is 0.00000288. The summed E-state index contributed by atoms with van der Waals surface area (Å²) in [6, 6.07) is 4.70. The fourth-order valence-electron chi connectivity index (χ4n) is 2.59. The van der Waals surface area contributed by atoms with E-state index in [0.29, 0.717) is 6.54 Å². The highest BCUT2D eigenvalue weighted by molar-refractivity contribution is 14.0. The first kappa shape index (κ1) is 21.7. The highest BCUT2D eigenvalue weighted by Gasteiger charge is 2.27. The number of nitrogens with one attached hydrogen (secondary N) is 2. The smallest absolute Gasteiger partial charge is 0.191 e. The summed E-state index contributed by atoms with van der Waals surface area (Å²) in [6.45, 7) is 10.3. The molecule has 2 rings (SSSR count). The standard InChI is InChI=1S/C17H30N4OS.HI/c1-4-18-16(19-10-11-21(5-2)14-8-9-14)20-13-17(3,22)15-7-6-12-23-15;/h6-7,12,14,22H,4-5,8-11,13H2,1-3H3,(H2,18,19,20);1H. The molecule has 0 radical (unpaired) electrons. The quantitative estimate of drug-likeness (QED) is 0.298. The highest BCUT2D eigenvalue weighted by atomic mass is 127. The van der Waals surface area contributed by atoms with Gasteiger partial charge in [-0.15, -0.1) is 35.3 Å². The lowest BCUT2D eigenvalue weighted by Crippen LogP contribution is -2.42. The van der Waals surface area contributed by atoms with Gasteiger partial charge in [0.2, 0.25) is 0 Å². The van der Waals surface area contributed by atoms with Crippen LogP contribution >= 0.6 is 35.3 Å². The van der Waals surface area contributed by atoms with Crippen LogP contribution in [0.5, 0.6) is 0 Å². The van der Waals surface area contributed by atoms with E-state index in [1.165, 1.54) is 12.8 Å². The number of hydrogen-bond donors (Lipinski definition) is 3. The number of thiophene rings is 1. The lowest BCUT2D eigenvalue weighted by atomic mass is 10.1. The Labute approximate surface area is 167 Å². The SMILES string of the molecule is CCNC(=NCC(C)(O)c1cccs1)NCCN(CC)C1CC1.I. The second kappa shape index (κ2) is 10.6. The molecule has 1 aliphatic carbocycles. The van der Waals surface area contributed by atoms with E-state index in [1.807, 2.05) is 24.4 Å². The third-order valence-electron chi connectivity index (χ3n) is 4.10. The maximum atomic E-state index is 10.6. The van der Waals surface area contributed by atoms with Gasteiger partial charge in [-0.05, 0) is 44.7 Å². The van der Waals surface area contributed by atoms with Gasteiger partial charge < -0.3 is 15.7 Å². The van der Waals surface area contributed by atoms with Crippen molar-refractivity contribution < 1.29 is 5.11 Å². The van der Waals surface area contributed by atoms with E-state index in [-0.39, 0.29) is 24.0 Å². The van der Waals surface area contributed by atoms with Gasteiger partial charge in [-0.1, -0.05) is 13.0 Å². The molecule has 0 saturated heterocycles. The van der Waals surface area contributed by atoms with E-state index in [9.17, 15) is 5.11 Å². The Morgan fingerprint density at radius 3 is 2.71 bits per heavy atom. The van der Waals surface area contributed by atoms with E-state index >= 15 is 0 Å². The number of guanidine groups is 1. The maximum absolute atomic E-state index is 10.6. The van der Waals surface area contributed by atoms with Crippen molar-refractivity contribution in [3.8, 4) is 0 Å². The molecule has 1 fully saturated rings. The Hall–Kier alpha value is -0.380. The summed E-state index contributed by atoms with van der Waals surface area (Å²) in [5.41, 5.74) is -0.917. The first-order valence-electron chi connectivity index (χ1n) is 8.59. The fraction of sp³-hybridized carbons (Fsp3) is 0.706. The molecule has 0 bridgehead atoms. The van der Waals surface area contributed by atoms with Crippen molar-refractivity contribution in [2.24, 2.45) is 4.99 Å². The van der Waals surface area contributed by atoms with Gasteiger partial charge in [0, 0.05) is 30.6 Å². The Morgan fingerprint density at radius 2 is 2.17 bits per heavy atom. The van der Waals surface area contributed by atoms with Gasteiger partial charge in [-0.3, -0.25) is 4.90 Å². The fourth-order valence-corrected chi connectivity index (χ4v) is 3.37. The van der Waals surface area contributed by atoms with Crippen molar-refractivity contribution in [3.05, 3.63) is 22.4 Å². The molecule has 138 valence electrons. The lowest BCUT2D eigenvalue weighted by molar-refractivity contribution is 0.0711. The summed E-state index contributed by atoms with van der Waals surface area (Å²) in [4.78, 5) is 8.02. The molecule has 0 aliphatic heterocycles. The number of hydrogen-bond acceptors (Lipinski definition) is 4. The monoisotopic (exact) mass is 466 g/mol. The van der Waals surface area contributed by atoms with Crippen molar-refractivity contribution >= 4 is 41.3 Å². The molecule has 3 N–H and O–H groups in total. The van der Waals surface area contributed by atoms with Crippen molar-refractivity contribution in [1.29, 1.82) is 0 Å². The minimum absolute atomic E-state index is 0. The van der Waals surface area contributed by atoms with E-state index < -0.39 is 5.60 Å². The van der Waals surface area contributed by atoms with Crippen LogP contribution in [0.4, 0.5) is 0 Å². The topological polar surface area (TPSA) is 59.9 Å². The minimum Gasteiger partial charge on any atom is -0.383 e. The average Bonchev–Trinajstić information content (AvgIpc) is 3.21. The Bertz CT molecular complexity index is 489. The third-order valence-corrected chi connectivity index (χ3v) is 5.23. The van der Waals surface area contributed by atoms with Gasteiger partial charge in [-0.25, -0.2) is 4.99 Å². The predicted octanol–water partition coefficient (Wildman–Crippen LogP) is 2.61. The van der Waals surface area contributed by atoms with Gasteiger partial charge in [0.25, 0.3) is 0 Å². The van der Waals surface area contributed by atoms with Gasteiger partial charge >= 0.3 is 0 Å². The Kier molecular flexibility index (Phi) is 9.54. The molecule has 24 heavy (non-hydrogen) atoms. The molecule has 0 amide bonds. The predicted molar refractivity (Wildman–Crippen MR) is 114 cm³/mol. The van der Waals surface area contributed by atoms with Crippen molar-refractivity contribution in [3.63, 3.8) is 0 Å². The number of likely N-dealkylation sites (N-methyl/N-ethyl adjacent to an activating group) is 1. The van der Waals surface area contributed by atoms with Crippen LogP contribution < -0.4 is 10.6 Å². The van der Waals surface area contributed by atoms with E-state index in [0.717, 1.165) is 43.1 Å². The summed E-state index contributed by atoms with van der Waals surface area (Å²) in [7, 11) is 0. The van der Waals surface area contributed by atoms with Crippen molar-refractivity contribution in [1.82, 2.24) is 15.5 Å². The van der Waals surface area contributed by atoms with Crippen LogP contribution in [0.3, 0.4) is 0 Å². The van der Waals surface area contributed by atoms with Crippen LogP contribution in [0, 0.1) is 0 Å². The molecule has 7 heteroatoms. The molecule has 5 nitrogen and oxygen atoms in total. The highest BCUT2D eigenvalue weighted by Crippen LogP contribution is 2.26. The van der Waals surface area contributed by atoms with E-state index in [1.54, 1.807) is 11.3 Å². The molecular formula is C17H31IN4OS. The molecule has 0 spiro atoms. The third kappa shape index (κ3) is 6.85. The van der Waals surface area contributed by atoms with Crippen LogP contribution in [0.15, 0.2) is 22.5 Å². The molecule has 1 aromatic heterocycles. The van der Waals surface area contributed by atoms with Crippen molar-refractivity contribution in [2.45, 2.75) is 45.3 Å². The van der Waals surface area contributed by atoms with Gasteiger partial charge in [0.05, 0.1) is 6.54 Å². The van der Waals surface area contributed by atoms with Crippen LogP contribution in [-0.4, -0.2) is 54.7 Å². The van der Waals surface area contributed by atoms with Crippen LogP contribution in [-0.2, 0) is 5.60 Å². The van der Waals surface area contributed by atoms with E-state index in [2.05, 4.69) is 34.4 Å². The second-order valence-corrected chi connectivity index (χ2v) is 7.18. The summed E-state index contributed by atoms with van der Waals surface area (Å²) < 4.78 is 0. The largest absolute Gasteiger partial charge is 0.383 e. The average molecular weight is 466 g/mol. The zero-order chi connectivity index (χ0) is 16.7. The molecular weight excluding hydrogens is 435 g/mol. The van der Waals surface area contributed by atoms with Gasteiger partial charge in [0.15, 0.2) is 5.96 Å². The molecule has 1 aromatic rings. The minimum atomic E-state index is -0.917. The summed E-state index contributed by atoms with van der Waals surface area (Å²) in [5.74, 6) is 0.774. The number of nitrogens with zero attached hydrogens (tertiary/aromatic N) is 2. The molecule has 0 aromatic carbocycles. The van der Waals surface area contributed by atoms with Crippen LogP contribution in [0.1, 0.15) is 38.5 Å². The molecule has 1 atom stereocenters. The summed E-state index contributed by atoms with van der Waals surface area (Å²) >= 11 is 1.56. The molecule has 1 aliphatic rings. The number of rotatable bonds is 9. The first-order chi connectivity index (χ1) is 11.1. The van der Waals surface area contributed by atoms with E-state index in [4.69, 9.17) is 0 Å². The number of halogens is 1. The van der Waals surface area contributed by atoms with Crippen molar-refractivity contribution in [2.75, 3.05) is 32.7 Å². The zero-order valence-electron chi connectivity index (χ0n) is 14.9. The molecule has 1 heterocycles. The lowest BCUT2D eigenvalue weighted by Gasteiger charge is -2.22. The first-order valence-corrected chi connectivity index (χ1v) is 9.47. The normalized spacial score (nSPS) is 17.3. The number of aliphatic imine (C=N–C) groups is 1. The molecule has 1 unspecified atom stereocenters. The van der Waals surface area contributed by atoms with Crippen LogP contribution in [0.25, 0.3) is 0 Å².